The second-order valence-electron chi connectivity index (χ2n) is 3.11. The fourth-order valence-electron chi connectivity index (χ4n) is 1.37. The molecule has 0 aliphatic rings. The Labute approximate surface area is 110 Å². The van der Waals surface area contributed by atoms with Crippen molar-refractivity contribution in [3.8, 4) is 11.1 Å². The summed E-state index contributed by atoms with van der Waals surface area (Å²) in [5.41, 5.74) is 3.58. The average molecular weight is 256 g/mol. The van der Waals surface area contributed by atoms with Crippen LogP contribution in [0.1, 0.15) is 5.56 Å². The molecule has 0 aliphatic carbocycles. The zero-order valence-corrected chi connectivity index (χ0v) is 11.0. The normalized spacial score (nSPS) is 9.21. The zero-order valence-electron chi connectivity index (χ0n) is 8.20. The fraction of sp³-hybridized carbons (Fsp3) is 0.0769. The van der Waals surface area contributed by atoms with Crippen LogP contribution in [0.2, 0.25) is 0 Å². The number of hydrogen-bond donors (Lipinski definition) is 0. The summed E-state index contributed by atoms with van der Waals surface area (Å²) >= 11 is 0. The molecule has 0 saturated carbocycles. The van der Waals surface area contributed by atoms with Crippen LogP contribution in [0.4, 0.5) is 0 Å². The van der Waals surface area contributed by atoms with Gasteiger partial charge in [0.1, 0.15) is 0 Å². The molecule has 0 aliphatic heterocycles. The number of benzene rings is 2. The summed E-state index contributed by atoms with van der Waals surface area (Å²) in [6, 6.07) is 19.9. The van der Waals surface area contributed by atoms with Gasteiger partial charge < -0.3 is 0 Å². The first-order chi connectivity index (χ1) is 6.36. The Morgan fingerprint density at radius 1 is 0.857 bits per heavy atom. The minimum Gasteiger partial charge on any atom is -0.145 e. The maximum Gasteiger partial charge on any atom is 0 e. The minimum absolute atomic E-state index is 0. The third-order valence-electron chi connectivity index (χ3n) is 2.03. The van der Waals surface area contributed by atoms with E-state index in [0.29, 0.717) is 0 Å². The Morgan fingerprint density at radius 2 is 1.57 bits per heavy atom. The predicted octanol–water partition coefficient (Wildman–Crippen LogP) is 3.46. The van der Waals surface area contributed by atoms with Crippen LogP contribution >= 0.6 is 0 Å². The molecule has 0 fully saturated rings. The van der Waals surface area contributed by atoms with Gasteiger partial charge in [-0.3, -0.25) is 0 Å². The molecule has 2 aromatic rings. The maximum absolute atomic E-state index is 3.32. The summed E-state index contributed by atoms with van der Waals surface area (Å²) in [5.74, 6) is 0. The number of hydrogen-bond acceptors (Lipinski definition) is 0. The van der Waals surface area contributed by atoms with Gasteiger partial charge in [0.2, 0.25) is 0 Å². The summed E-state index contributed by atoms with van der Waals surface area (Å²) in [7, 11) is 0. The molecule has 0 bridgehead atoms. The van der Waals surface area contributed by atoms with Crippen molar-refractivity contribution >= 4 is 0 Å². The van der Waals surface area contributed by atoms with E-state index in [2.05, 4.69) is 43.3 Å². The first-order valence-corrected chi connectivity index (χ1v) is 4.40. The molecule has 0 saturated heterocycles. The molecule has 1 heteroatoms. The monoisotopic (exact) mass is 256 g/mol. The van der Waals surface area contributed by atoms with Crippen molar-refractivity contribution in [1.29, 1.82) is 0 Å². The van der Waals surface area contributed by atoms with Crippen molar-refractivity contribution in [2.75, 3.05) is 0 Å². The van der Waals surface area contributed by atoms with E-state index >= 15 is 0 Å². The van der Waals surface area contributed by atoms with E-state index in [1.807, 2.05) is 18.2 Å². The molecule has 2 rings (SSSR count). The van der Waals surface area contributed by atoms with Gasteiger partial charge in [0, 0.05) is 32.7 Å². The second-order valence-corrected chi connectivity index (χ2v) is 3.11. The molecule has 0 nitrogen and oxygen atoms in total. The molecule has 14 heavy (non-hydrogen) atoms. The summed E-state index contributed by atoms with van der Waals surface area (Å²) in [4.78, 5) is 0. The Kier molecular flexibility index (Phi) is 4.51. The van der Waals surface area contributed by atoms with Crippen LogP contribution in [-0.2, 0) is 32.7 Å². The van der Waals surface area contributed by atoms with E-state index in [0.717, 1.165) is 0 Å². The number of rotatable bonds is 1. The quantitative estimate of drug-likeness (QED) is 0.685. The number of aryl methyl sites for hydroxylation is 1. The maximum atomic E-state index is 3.32. The van der Waals surface area contributed by atoms with Gasteiger partial charge in [-0.15, -0.1) is 35.4 Å². The van der Waals surface area contributed by atoms with E-state index in [4.69, 9.17) is 0 Å². The van der Waals surface area contributed by atoms with Gasteiger partial charge in [0.25, 0.3) is 0 Å². The van der Waals surface area contributed by atoms with Crippen molar-refractivity contribution in [2.45, 2.75) is 6.92 Å². The van der Waals surface area contributed by atoms with E-state index < -0.39 is 0 Å². The fourth-order valence-corrected chi connectivity index (χ4v) is 1.37. The van der Waals surface area contributed by atoms with E-state index in [1.54, 1.807) is 0 Å². The smallest absolute Gasteiger partial charge is 0 e. The van der Waals surface area contributed by atoms with Crippen LogP contribution in [0.5, 0.6) is 0 Å². The van der Waals surface area contributed by atoms with Crippen molar-refractivity contribution < 1.29 is 32.7 Å². The van der Waals surface area contributed by atoms with Gasteiger partial charge in [-0.2, -0.15) is 0 Å². The van der Waals surface area contributed by atoms with Gasteiger partial charge in [-0.1, -0.05) is 42.8 Å². The molecule has 0 amide bonds. The van der Waals surface area contributed by atoms with Crippen LogP contribution in [-0.4, -0.2) is 0 Å². The van der Waals surface area contributed by atoms with Gasteiger partial charge in [-0.25, -0.2) is 0 Å². The molecule has 0 unspecified atom stereocenters. The molecule has 1 radical (unpaired) electrons. The average Bonchev–Trinajstić information content (AvgIpc) is 2.19. The third kappa shape index (κ3) is 2.77. The molecule has 0 N–H and O–H groups in total. The summed E-state index contributed by atoms with van der Waals surface area (Å²) in [5, 5.41) is 0. The molecule has 0 atom stereocenters. The Hall–Kier alpha value is -0.456. The van der Waals surface area contributed by atoms with Gasteiger partial charge in [-0.05, 0) is 0 Å². The predicted molar refractivity (Wildman–Crippen MR) is 55.5 cm³/mol. The minimum atomic E-state index is 0. The van der Waals surface area contributed by atoms with Crippen LogP contribution in [0, 0.1) is 13.0 Å². The Morgan fingerprint density at radius 3 is 2.21 bits per heavy atom. The van der Waals surface area contributed by atoms with Crippen LogP contribution < -0.4 is 0 Å². The molecule has 0 aromatic heterocycles. The molecular formula is C13H11Y-. The Balaban J connectivity index is 0.000000980. The van der Waals surface area contributed by atoms with Crippen LogP contribution in [0.15, 0.2) is 48.5 Å². The van der Waals surface area contributed by atoms with Crippen molar-refractivity contribution in [2.24, 2.45) is 0 Å². The van der Waals surface area contributed by atoms with E-state index in [9.17, 15) is 0 Å². The standard InChI is InChI=1S/C13H11.Y/c1-11-6-5-9-13(10-11)12-7-3-2-4-8-12;/h2-9H,1H3;/q-1;. The first-order valence-electron chi connectivity index (χ1n) is 4.40. The van der Waals surface area contributed by atoms with Crippen molar-refractivity contribution in [1.82, 2.24) is 0 Å². The summed E-state index contributed by atoms with van der Waals surface area (Å²) < 4.78 is 0. The largest absolute Gasteiger partial charge is 0.145 e. The molecule has 67 valence electrons. The second kappa shape index (κ2) is 5.43. The molecule has 2 aromatic carbocycles. The first kappa shape index (κ1) is 11.6. The molecule has 0 heterocycles. The van der Waals surface area contributed by atoms with Crippen LogP contribution in [0.25, 0.3) is 11.1 Å². The molecular weight excluding hydrogens is 245 g/mol. The molecule has 0 spiro atoms. The SMILES string of the molecule is Cc1[c-]c(-c2ccccc2)ccc1.[Y]. The van der Waals surface area contributed by atoms with Gasteiger partial charge in [0.15, 0.2) is 0 Å². The zero-order chi connectivity index (χ0) is 9.10. The van der Waals surface area contributed by atoms with E-state index in [1.165, 1.54) is 16.7 Å². The van der Waals surface area contributed by atoms with Crippen molar-refractivity contribution in [3.05, 3.63) is 60.2 Å². The van der Waals surface area contributed by atoms with Crippen molar-refractivity contribution in [3.63, 3.8) is 0 Å². The van der Waals surface area contributed by atoms with Gasteiger partial charge in [0.05, 0.1) is 0 Å². The third-order valence-corrected chi connectivity index (χ3v) is 2.03. The van der Waals surface area contributed by atoms with Crippen LogP contribution in [0.3, 0.4) is 0 Å². The van der Waals surface area contributed by atoms with Gasteiger partial charge >= 0.3 is 0 Å². The Bertz CT molecular complexity index is 393. The summed E-state index contributed by atoms with van der Waals surface area (Å²) in [6.45, 7) is 2.06. The summed E-state index contributed by atoms with van der Waals surface area (Å²) in [6.07, 6.45) is 0. The topological polar surface area (TPSA) is 0 Å². The van der Waals surface area contributed by atoms with E-state index in [-0.39, 0.29) is 32.7 Å².